The number of hydrogen-bond acceptors (Lipinski definition) is 3. The second kappa shape index (κ2) is 7.12. The number of aryl methyl sites for hydroxylation is 1. The Morgan fingerprint density at radius 2 is 2.04 bits per heavy atom. The quantitative estimate of drug-likeness (QED) is 0.835. The van der Waals surface area contributed by atoms with Gasteiger partial charge in [-0.3, -0.25) is 4.79 Å². The third-order valence-electron chi connectivity index (χ3n) is 4.81. The van der Waals surface area contributed by atoms with Crippen LogP contribution in [0.4, 0.5) is 0 Å². The molecule has 1 aliphatic carbocycles. The van der Waals surface area contributed by atoms with Crippen molar-refractivity contribution in [1.82, 2.24) is 5.32 Å². The number of rotatable bonds is 4. The smallest absolute Gasteiger partial charge is 0.244 e. The molecule has 24 heavy (non-hydrogen) atoms. The Kier molecular flexibility index (Phi) is 4.93. The minimum absolute atomic E-state index is 0.0227. The van der Waals surface area contributed by atoms with Gasteiger partial charge in [0.05, 0.1) is 13.4 Å². The van der Waals surface area contributed by atoms with E-state index in [1.165, 1.54) is 19.3 Å². The van der Waals surface area contributed by atoms with Crippen LogP contribution in [-0.4, -0.2) is 19.1 Å². The lowest BCUT2D eigenvalue weighted by Gasteiger charge is -2.22. The molecule has 0 unspecified atom stereocenters. The van der Waals surface area contributed by atoms with E-state index >= 15 is 0 Å². The zero-order valence-electron chi connectivity index (χ0n) is 14.6. The van der Waals surface area contributed by atoms with Crippen molar-refractivity contribution in [2.24, 2.45) is 0 Å². The number of hydrogen-bond donors (Lipinski definition) is 1. The van der Waals surface area contributed by atoms with E-state index in [0.717, 1.165) is 46.3 Å². The van der Waals surface area contributed by atoms with Crippen molar-refractivity contribution < 1.29 is 13.9 Å². The van der Waals surface area contributed by atoms with E-state index in [1.807, 2.05) is 26.0 Å². The lowest BCUT2D eigenvalue weighted by Crippen LogP contribution is -2.35. The van der Waals surface area contributed by atoms with Crippen molar-refractivity contribution in [3.8, 4) is 5.75 Å². The van der Waals surface area contributed by atoms with E-state index in [4.69, 9.17) is 9.15 Å². The maximum absolute atomic E-state index is 12.3. The van der Waals surface area contributed by atoms with Crippen LogP contribution in [0.2, 0.25) is 0 Å². The topological polar surface area (TPSA) is 51.5 Å². The van der Waals surface area contributed by atoms with Gasteiger partial charge in [0.15, 0.2) is 0 Å². The summed E-state index contributed by atoms with van der Waals surface area (Å²) in [6, 6.07) is 4.23. The number of amides is 1. The molecule has 0 radical (unpaired) electrons. The average molecular weight is 327 g/mol. The van der Waals surface area contributed by atoms with Gasteiger partial charge in [0.2, 0.25) is 5.91 Å². The maximum Gasteiger partial charge on any atom is 0.244 e. The summed E-state index contributed by atoms with van der Waals surface area (Å²) < 4.78 is 11.0. The van der Waals surface area contributed by atoms with E-state index < -0.39 is 0 Å². The van der Waals surface area contributed by atoms with Gasteiger partial charge in [0, 0.05) is 29.1 Å². The number of methoxy groups -OCH3 is 1. The maximum atomic E-state index is 12.3. The van der Waals surface area contributed by atoms with Gasteiger partial charge >= 0.3 is 0 Å². The summed E-state index contributed by atoms with van der Waals surface area (Å²) in [5.74, 6) is 0.696. The Morgan fingerprint density at radius 3 is 2.75 bits per heavy atom. The number of benzene rings is 1. The fourth-order valence-corrected chi connectivity index (χ4v) is 3.42. The zero-order chi connectivity index (χ0) is 17.1. The Labute approximate surface area is 142 Å². The second-order valence-electron chi connectivity index (χ2n) is 6.64. The van der Waals surface area contributed by atoms with Crippen LogP contribution in [0.3, 0.4) is 0 Å². The molecular weight excluding hydrogens is 302 g/mol. The number of carbonyl (C=O) groups excluding carboxylic acids is 1. The molecule has 4 nitrogen and oxygen atoms in total. The molecule has 3 rings (SSSR count). The molecule has 2 aromatic rings. The van der Waals surface area contributed by atoms with Gasteiger partial charge < -0.3 is 14.5 Å². The largest absolute Gasteiger partial charge is 0.496 e. The first kappa shape index (κ1) is 16.6. The summed E-state index contributed by atoms with van der Waals surface area (Å²) >= 11 is 0. The zero-order valence-corrected chi connectivity index (χ0v) is 14.6. The Bertz CT molecular complexity index is 767. The summed E-state index contributed by atoms with van der Waals surface area (Å²) in [6.45, 7) is 3.95. The van der Waals surface area contributed by atoms with Gasteiger partial charge in [-0.25, -0.2) is 0 Å². The molecule has 1 fully saturated rings. The lowest BCUT2D eigenvalue weighted by atomic mass is 9.95. The number of carbonyl (C=O) groups is 1. The molecule has 0 bridgehead atoms. The molecule has 1 aromatic heterocycles. The van der Waals surface area contributed by atoms with E-state index in [-0.39, 0.29) is 5.91 Å². The molecule has 0 saturated heterocycles. The Morgan fingerprint density at radius 1 is 1.29 bits per heavy atom. The minimum atomic E-state index is -0.0227. The number of fused-ring (bicyclic) bond motifs is 1. The standard InChI is InChI=1S/C20H25NO3/c1-13(9-20(22)21-15-7-5-4-6-8-15)16-10-17-14(2)12-24-19(17)11-18(16)23-3/h9-12,15H,4-8H2,1-3H3,(H,21,22)/b13-9+. The summed E-state index contributed by atoms with van der Waals surface area (Å²) in [5, 5.41) is 4.17. The predicted molar refractivity (Wildman–Crippen MR) is 96.2 cm³/mol. The van der Waals surface area contributed by atoms with E-state index in [9.17, 15) is 4.79 Å². The van der Waals surface area contributed by atoms with Gasteiger partial charge in [0.25, 0.3) is 0 Å². The fourth-order valence-electron chi connectivity index (χ4n) is 3.42. The van der Waals surface area contributed by atoms with Crippen LogP contribution < -0.4 is 10.1 Å². The van der Waals surface area contributed by atoms with Crippen LogP contribution >= 0.6 is 0 Å². The molecule has 1 N–H and O–H groups in total. The number of ether oxygens (including phenoxy) is 1. The highest BCUT2D eigenvalue weighted by molar-refractivity contribution is 5.97. The summed E-state index contributed by atoms with van der Waals surface area (Å²) in [5.41, 5.74) is 3.69. The summed E-state index contributed by atoms with van der Waals surface area (Å²) in [4.78, 5) is 12.3. The van der Waals surface area contributed by atoms with Crippen molar-refractivity contribution in [2.75, 3.05) is 7.11 Å². The van der Waals surface area contributed by atoms with Crippen molar-refractivity contribution in [3.05, 3.63) is 35.6 Å². The van der Waals surface area contributed by atoms with E-state index in [1.54, 1.807) is 19.4 Å². The van der Waals surface area contributed by atoms with Gasteiger partial charge in [-0.15, -0.1) is 0 Å². The molecule has 128 valence electrons. The van der Waals surface area contributed by atoms with E-state index in [2.05, 4.69) is 5.32 Å². The summed E-state index contributed by atoms with van der Waals surface area (Å²) in [7, 11) is 1.63. The Hall–Kier alpha value is -2.23. The van der Waals surface area contributed by atoms with Crippen LogP contribution in [0, 0.1) is 6.92 Å². The highest BCUT2D eigenvalue weighted by Gasteiger charge is 2.16. The van der Waals surface area contributed by atoms with Crippen molar-refractivity contribution in [2.45, 2.75) is 52.0 Å². The number of allylic oxidation sites excluding steroid dienone is 1. The monoisotopic (exact) mass is 327 g/mol. The molecule has 1 aliphatic rings. The van der Waals surface area contributed by atoms with Crippen LogP contribution in [0.5, 0.6) is 5.75 Å². The molecule has 1 saturated carbocycles. The van der Waals surface area contributed by atoms with Crippen molar-refractivity contribution in [3.63, 3.8) is 0 Å². The van der Waals surface area contributed by atoms with Gasteiger partial charge in [-0.05, 0) is 43.9 Å². The van der Waals surface area contributed by atoms with Gasteiger partial charge in [-0.1, -0.05) is 19.3 Å². The SMILES string of the molecule is COc1cc2occ(C)c2cc1/C(C)=C/C(=O)NC1CCCCC1. The molecule has 4 heteroatoms. The molecule has 1 amide bonds. The van der Waals surface area contributed by atoms with Crippen LogP contribution in [0.15, 0.2) is 28.9 Å². The van der Waals surface area contributed by atoms with E-state index in [0.29, 0.717) is 6.04 Å². The van der Waals surface area contributed by atoms with Crippen LogP contribution in [0.1, 0.15) is 50.2 Å². The second-order valence-corrected chi connectivity index (χ2v) is 6.64. The first-order valence-corrected chi connectivity index (χ1v) is 8.63. The fraction of sp³-hybridized carbons (Fsp3) is 0.450. The van der Waals surface area contributed by atoms with Crippen molar-refractivity contribution in [1.29, 1.82) is 0 Å². The average Bonchev–Trinajstić information content (AvgIpc) is 2.94. The first-order valence-electron chi connectivity index (χ1n) is 8.63. The first-order chi connectivity index (χ1) is 11.6. The normalized spacial score (nSPS) is 16.4. The molecule has 1 aromatic carbocycles. The van der Waals surface area contributed by atoms with Crippen molar-refractivity contribution >= 4 is 22.4 Å². The number of furan rings is 1. The van der Waals surface area contributed by atoms with Gasteiger partial charge in [0.1, 0.15) is 11.3 Å². The highest BCUT2D eigenvalue weighted by atomic mass is 16.5. The van der Waals surface area contributed by atoms with Crippen LogP contribution in [-0.2, 0) is 4.79 Å². The minimum Gasteiger partial charge on any atom is -0.496 e. The molecular formula is C20H25NO3. The summed E-state index contributed by atoms with van der Waals surface area (Å²) in [6.07, 6.45) is 9.28. The van der Waals surface area contributed by atoms with Gasteiger partial charge in [-0.2, -0.15) is 0 Å². The van der Waals surface area contributed by atoms with Crippen LogP contribution in [0.25, 0.3) is 16.5 Å². The molecule has 0 spiro atoms. The molecule has 0 atom stereocenters. The third kappa shape index (κ3) is 3.48. The predicted octanol–water partition coefficient (Wildman–Crippen LogP) is 4.60. The highest BCUT2D eigenvalue weighted by Crippen LogP contribution is 2.33. The lowest BCUT2D eigenvalue weighted by molar-refractivity contribution is -0.117. The Balaban J connectivity index is 1.84. The molecule has 0 aliphatic heterocycles. The number of nitrogens with one attached hydrogen (secondary N) is 1. The molecule has 1 heterocycles. The third-order valence-corrected chi connectivity index (χ3v) is 4.81.